The molecule has 0 unspecified atom stereocenters. The number of nitrogens with one attached hydrogen (secondary N) is 1. The van der Waals surface area contributed by atoms with Gasteiger partial charge in [0, 0.05) is 71.3 Å². The molecule has 0 bridgehead atoms. The van der Waals surface area contributed by atoms with Crippen LogP contribution in [-0.2, 0) is 18.4 Å². The van der Waals surface area contributed by atoms with Crippen LogP contribution in [0.3, 0.4) is 0 Å². The quantitative estimate of drug-likeness (QED) is 0.598. The molecular weight excluding hydrogens is 444 g/mol. The van der Waals surface area contributed by atoms with Crippen LogP contribution in [0.5, 0.6) is 0 Å². The molecule has 8 nitrogen and oxygen atoms in total. The van der Waals surface area contributed by atoms with Crippen molar-refractivity contribution in [2.24, 2.45) is 13.0 Å². The van der Waals surface area contributed by atoms with Gasteiger partial charge in [0.15, 0.2) is 11.5 Å². The third-order valence-corrected chi connectivity index (χ3v) is 6.01. The molecule has 1 aliphatic rings. The number of likely N-dealkylation sites (tertiary alicyclic amines) is 1. The molecular formula is C24H27F2N5O3. The van der Waals surface area contributed by atoms with Gasteiger partial charge in [-0.2, -0.15) is 0 Å². The molecule has 34 heavy (non-hydrogen) atoms. The summed E-state index contributed by atoms with van der Waals surface area (Å²) in [5.41, 5.74) is 1.12. The summed E-state index contributed by atoms with van der Waals surface area (Å²) in [6, 6.07) is 6.01. The van der Waals surface area contributed by atoms with E-state index in [0.29, 0.717) is 26.1 Å². The van der Waals surface area contributed by atoms with Gasteiger partial charge in [-0.1, -0.05) is 5.16 Å². The Bertz CT molecular complexity index is 1190. The minimum atomic E-state index is -0.814. The minimum Gasteiger partial charge on any atom is -0.357 e. The van der Waals surface area contributed by atoms with Crippen molar-refractivity contribution in [3.8, 4) is 11.3 Å². The van der Waals surface area contributed by atoms with E-state index in [1.807, 2.05) is 30.1 Å². The van der Waals surface area contributed by atoms with Crippen LogP contribution < -0.4 is 5.32 Å². The molecule has 180 valence electrons. The number of carbonyl (C=O) groups is 2. The first-order valence-electron chi connectivity index (χ1n) is 11.0. The second kappa shape index (κ2) is 9.76. The number of benzene rings is 1. The average Bonchev–Trinajstić information content (AvgIpc) is 3.43. The molecule has 1 aromatic carbocycles. The van der Waals surface area contributed by atoms with Gasteiger partial charge in [-0.15, -0.1) is 0 Å². The van der Waals surface area contributed by atoms with Gasteiger partial charge in [-0.05, 0) is 30.2 Å². The predicted octanol–water partition coefficient (Wildman–Crippen LogP) is 2.67. The number of aryl methyl sites for hydroxylation is 1. The van der Waals surface area contributed by atoms with Crippen molar-refractivity contribution < 1.29 is 22.9 Å². The number of rotatable bonds is 6. The number of aromatic nitrogens is 2. The van der Waals surface area contributed by atoms with E-state index in [0.717, 1.165) is 17.7 Å². The van der Waals surface area contributed by atoms with Crippen molar-refractivity contribution in [3.05, 3.63) is 65.6 Å². The van der Waals surface area contributed by atoms with Gasteiger partial charge in [-0.25, -0.2) is 8.78 Å². The lowest BCUT2D eigenvalue weighted by Gasteiger charge is -2.38. The fourth-order valence-electron chi connectivity index (χ4n) is 4.27. The summed E-state index contributed by atoms with van der Waals surface area (Å²) in [5.74, 6) is -2.54. The molecule has 1 N–H and O–H groups in total. The SMILES string of the molecule is CN(C)C(=O)[C@@H]1CN(Cc2ccn(C)c2)CC[C@H]1NC(=O)c1cc(-c2ccc(F)cc2F)on1. The zero-order chi connectivity index (χ0) is 24.4. The number of halogens is 2. The Hall–Kier alpha value is -3.53. The van der Waals surface area contributed by atoms with Crippen LogP contribution in [0.2, 0.25) is 0 Å². The zero-order valence-electron chi connectivity index (χ0n) is 19.3. The Morgan fingerprint density at radius 2 is 2.03 bits per heavy atom. The third kappa shape index (κ3) is 5.17. The van der Waals surface area contributed by atoms with E-state index in [9.17, 15) is 18.4 Å². The lowest BCUT2D eigenvalue weighted by Crippen LogP contribution is -2.55. The maximum Gasteiger partial charge on any atom is 0.273 e. The normalized spacial score (nSPS) is 18.6. The summed E-state index contributed by atoms with van der Waals surface area (Å²) in [7, 11) is 5.35. The van der Waals surface area contributed by atoms with Gasteiger partial charge in [0.2, 0.25) is 5.91 Å². The number of carbonyl (C=O) groups excluding carboxylic acids is 2. The molecule has 1 aliphatic heterocycles. The summed E-state index contributed by atoms with van der Waals surface area (Å²) in [5, 5.41) is 6.65. The number of hydrogen-bond donors (Lipinski definition) is 1. The molecule has 2 atom stereocenters. The van der Waals surface area contributed by atoms with Crippen LogP contribution in [0.4, 0.5) is 8.78 Å². The van der Waals surface area contributed by atoms with E-state index in [1.54, 1.807) is 14.1 Å². The summed E-state index contributed by atoms with van der Waals surface area (Å²) in [6.45, 7) is 1.93. The maximum atomic E-state index is 14.1. The van der Waals surface area contributed by atoms with Crippen LogP contribution >= 0.6 is 0 Å². The average molecular weight is 472 g/mol. The molecule has 4 rings (SSSR count). The zero-order valence-corrected chi connectivity index (χ0v) is 19.3. The number of amides is 2. The van der Waals surface area contributed by atoms with Gasteiger partial charge < -0.3 is 19.3 Å². The lowest BCUT2D eigenvalue weighted by atomic mass is 9.90. The molecule has 3 heterocycles. The molecule has 10 heteroatoms. The standard InChI is InChI=1S/C24H27F2N5O3/c1-29(2)24(33)18-14-31(13-15-6-8-30(3)12-15)9-7-20(18)27-23(32)21-11-22(34-28-21)17-5-4-16(25)10-19(17)26/h4-6,8,10-12,18,20H,7,9,13-14H2,1-3H3,(H,27,32)/t18-,20-/m1/s1. The number of nitrogens with zero attached hydrogens (tertiary/aromatic N) is 4. The summed E-state index contributed by atoms with van der Waals surface area (Å²) in [4.78, 5) is 29.5. The molecule has 3 aromatic rings. The Labute approximate surface area is 196 Å². The van der Waals surface area contributed by atoms with Crippen LogP contribution in [0, 0.1) is 17.6 Å². The largest absolute Gasteiger partial charge is 0.357 e. The Morgan fingerprint density at radius 3 is 2.71 bits per heavy atom. The first kappa shape index (κ1) is 23.6. The first-order chi connectivity index (χ1) is 16.2. The highest BCUT2D eigenvalue weighted by molar-refractivity contribution is 5.94. The highest BCUT2D eigenvalue weighted by Gasteiger charge is 2.36. The van der Waals surface area contributed by atoms with E-state index in [1.165, 1.54) is 17.0 Å². The van der Waals surface area contributed by atoms with Crippen molar-refractivity contribution in [2.45, 2.75) is 19.0 Å². The monoisotopic (exact) mass is 471 g/mol. The highest BCUT2D eigenvalue weighted by Crippen LogP contribution is 2.25. The predicted molar refractivity (Wildman–Crippen MR) is 121 cm³/mol. The molecule has 1 fully saturated rings. The van der Waals surface area contributed by atoms with E-state index in [2.05, 4.69) is 15.4 Å². The van der Waals surface area contributed by atoms with Crippen molar-refractivity contribution in [2.75, 3.05) is 27.2 Å². The van der Waals surface area contributed by atoms with Crippen molar-refractivity contribution in [1.82, 2.24) is 24.8 Å². The summed E-state index contributed by atoms with van der Waals surface area (Å²) >= 11 is 0. The molecule has 0 aliphatic carbocycles. The Morgan fingerprint density at radius 1 is 1.24 bits per heavy atom. The summed E-state index contributed by atoms with van der Waals surface area (Å²) in [6.07, 6.45) is 4.61. The fourth-order valence-corrected chi connectivity index (χ4v) is 4.27. The summed E-state index contributed by atoms with van der Waals surface area (Å²) < 4.78 is 34.3. The Kier molecular flexibility index (Phi) is 6.78. The molecule has 2 aromatic heterocycles. The van der Waals surface area contributed by atoms with Crippen LogP contribution in [0.1, 0.15) is 22.5 Å². The third-order valence-electron chi connectivity index (χ3n) is 6.01. The van der Waals surface area contributed by atoms with Gasteiger partial charge in [0.1, 0.15) is 11.6 Å². The van der Waals surface area contributed by atoms with Crippen LogP contribution in [-0.4, -0.2) is 64.6 Å². The smallest absolute Gasteiger partial charge is 0.273 e. The maximum absolute atomic E-state index is 14.1. The number of piperidine rings is 1. The van der Waals surface area contributed by atoms with E-state index in [4.69, 9.17) is 4.52 Å². The molecule has 0 radical (unpaired) electrons. The van der Waals surface area contributed by atoms with Crippen molar-refractivity contribution >= 4 is 11.8 Å². The van der Waals surface area contributed by atoms with Crippen LogP contribution in [0.25, 0.3) is 11.3 Å². The fraction of sp³-hybridized carbons (Fsp3) is 0.375. The highest BCUT2D eigenvalue weighted by atomic mass is 19.1. The van der Waals surface area contributed by atoms with Crippen LogP contribution in [0.15, 0.2) is 47.2 Å². The second-order valence-corrected chi connectivity index (χ2v) is 8.83. The molecule has 1 saturated heterocycles. The van der Waals surface area contributed by atoms with Gasteiger partial charge in [0.25, 0.3) is 5.91 Å². The lowest BCUT2D eigenvalue weighted by molar-refractivity contribution is -0.135. The molecule has 0 saturated carbocycles. The van der Waals surface area contributed by atoms with E-state index in [-0.39, 0.29) is 22.9 Å². The van der Waals surface area contributed by atoms with Crippen molar-refractivity contribution in [1.29, 1.82) is 0 Å². The van der Waals surface area contributed by atoms with Crippen molar-refractivity contribution in [3.63, 3.8) is 0 Å². The van der Waals surface area contributed by atoms with E-state index < -0.39 is 29.5 Å². The Balaban J connectivity index is 1.46. The molecule has 2 amide bonds. The van der Waals surface area contributed by atoms with Gasteiger partial charge in [-0.3, -0.25) is 14.5 Å². The van der Waals surface area contributed by atoms with Gasteiger partial charge in [0.05, 0.1) is 11.5 Å². The van der Waals surface area contributed by atoms with E-state index >= 15 is 0 Å². The minimum absolute atomic E-state index is 0.00262. The number of hydrogen-bond acceptors (Lipinski definition) is 5. The second-order valence-electron chi connectivity index (χ2n) is 8.83. The topological polar surface area (TPSA) is 83.6 Å². The molecule has 0 spiro atoms. The first-order valence-corrected chi connectivity index (χ1v) is 11.0. The van der Waals surface area contributed by atoms with Gasteiger partial charge >= 0.3 is 0 Å².